The molecule has 0 fully saturated rings. The fourth-order valence-corrected chi connectivity index (χ4v) is 3.32. The van der Waals surface area contributed by atoms with Crippen molar-refractivity contribution in [2.24, 2.45) is 0 Å². The zero-order valence-corrected chi connectivity index (χ0v) is 13.6. The quantitative estimate of drug-likeness (QED) is 0.587. The fraction of sp³-hybridized carbons (Fsp3) is 0.0625. The molecular weight excluding hydrogens is 332 g/mol. The standard InChI is InChI=1S/C16H11ClN4OS/c1-22-9-6-7-12-13(8-9)23-16(20-12)21-15-14(17)18-10-4-2-3-5-11(10)19-15/h2-8H,1H3,(H,19,20,21). The van der Waals surface area contributed by atoms with E-state index in [2.05, 4.69) is 20.3 Å². The fourth-order valence-electron chi connectivity index (χ4n) is 2.24. The van der Waals surface area contributed by atoms with E-state index in [-0.39, 0.29) is 0 Å². The smallest absolute Gasteiger partial charge is 0.189 e. The minimum Gasteiger partial charge on any atom is -0.497 e. The van der Waals surface area contributed by atoms with Crippen LogP contribution in [0.5, 0.6) is 5.75 Å². The minimum atomic E-state index is 0.320. The lowest BCUT2D eigenvalue weighted by atomic mass is 10.3. The van der Waals surface area contributed by atoms with Crippen LogP contribution in [-0.4, -0.2) is 22.1 Å². The van der Waals surface area contributed by atoms with E-state index in [0.717, 1.165) is 27.0 Å². The molecule has 2 aromatic heterocycles. The van der Waals surface area contributed by atoms with Gasteiger partial charge in [0.15, 0.2) is 16.1 Å². The highest BCUT2D eigenvalue weighted by molar-refractivity contribution is 7.22. The number of aromatic nitrogens is 3. The van der Waals surface area contributed by atoms with Crippen molar-refractivity contribution in [1.82, 2.24) is 15.0 Å². The molecule has 0 bridgehead atoms. The first kappa shape index (κ1) is 14.2. The number of thiazole rings is 1. The molecule has 1 N–H and O–H groups in total. The van der Waals surface area contributed by atoms with Gasteiger partial charge in [0.25, 0.3) is 0 Å². The van der Waals surface area contributed by atoms with E-state index in [9.17, 15) is 0 Å². The van der Waals surface area contributed by atoms with E-state index in [1.807, 2.05) is 42.5 Å². The van der Waals surface area contributed by atoms with Crippen LogP contribution in [0.2, 0.25) is 5.15 Å². The molecule has 0 saturated heterocycles. The van der Waals surface area contributed by atoms with Crippen LogP contribution in [0.15, 0.2) is 42.5 Å². The summed E-state index contributed by atoms with van der Waals surface area (Å²) in [5.74, 6) is 1.30. The maximum Gasteiger partial charge on any atom is 0.189 e. The predicted molar refractivity (Wildman–Crippen MR) is 94.0 cm³/mol. The summed E-state index contributed by atoms with van der Waals surface area (Å²) in [7, 11) is 1.64. The van der Waals surface area contributed by atoms with Crippen molar-refractivity contribution in [3.05, 3.63) is 47.6 Å². The number of hydrogen-bond acceptors (Lipinski definition) is 6. The van der Waals surface area contributed by atoms with Crippen LogP contribution in [-0.2, 0) is 0 Å². The predicted octanol–water partition coefficient (Wildman–Crippen LogP) is 4.65. The summed E-state index contributed by atoms with van der Waals surface area (Å²) in [4.78, 5) is 13.4. The van der Waals surface area contributed by atoms with E-state index >= 15 is 0 Å². The second-order valence-electron chi connectivity index (χ2n) is 4.83. The highest BCUT2D eigenvalue weighted by atomic mass is 35.5. The van der Waals surface area contributed by atoms with Crippen molar-refractivity contribution in [2.75, 3.05) is 12.4 Å². The molecule has 0 amide bonds. The monoisotopic (exact) mass is 342 g/mol. The number of hydrogen-bond donors (Lipinski definition) is 1. The van der Waals surface area contributed by atoms with E-state index in [4.69, 9.17) is 16.3 Å². The van der Waals surface area contributed by atoms with Gasteiger partial charge in [-0.2, -0.15) is 0 Å². The minimum absolute atomic E-state index is 0.320. The number of benzene rings is 2. The summed E-state index contributed by atoms with van der Waals surface area (Å²) < 4.78 is 6.26. The normalized spacial score (nSPS) is 11.0. The highest BCUT2D eigenvalue weighted by Gasteiger charge is 2.10. The lowest BCUT2D eigenvalue weighted by molar-refractivity contribution is 0.415. The van der Waals surface area contributed by atoms with Gasteiger partial charge in [-0.15, -0.1) is 0 Å². The van der Waals surface area contributed by atoms with Crippen molar-refractivity contribution >= 4 is 55.1 Å². The van der Waals surface area contributed by atoms with Gasteiger partial charge in [-0.3, -0.25) is 0 Å². The largest absolute Gasteiger partial charge is 0.497 e. The Kier molecular flexibility index (Phi) is 3.48. The zero-order valence-electron chi connectivity index (χ0n) is 12.1. The molecule has 23 heavy (non-hydrogen) atoms. The molecule has 0 saturated carbocycles. The average molecular weight is 343 g/mol. The first-order valence-corrected chi connectivity index (χ1v) is 8.06. The Hall–Kier alpha value is -2.44. The van der Waals surface area contributed by atoms with Gasteiger partial charge in [0.2, 0.25) is 0 Å². The Balaban J connectivity index is 1.73. The summed E-state index contributed by atoms with van der Waals surface area (Å²) in [6, 6.07) is 13.3. The van der Waals surface area contributed by atoms with Crippen molar-refractivity contribution < 1.29 is 4.74 Å². The number of anilines is 2. The second-order valence-corrected chi connectivity index (χ2v) is 6.22. The Morgan fingerprint density at radius 2 is 1.78 bits per heavy atom. The number of fused-ring (bicyclic) bond motifs is 2. The molecular formula is C16H11ClN4OS. The molecule has 2 aromatic carbocycles. The first-order valence-electron chi connectivity index (χ1n) is 6.87. The number of methoxy groups -OCH3 is 1. The molecule has 0 atom stereocenters. The summed E-state index contributed by atoms with van der Waals surface area (Å²) in [6.45, 7) is 0. The van der Waals surface area contributed by atoms with Gasteiger partial charge in [0, 0.05) is 0 Å². The molecule has 0 aliphatic rings. The Bertz CT molecular complexity index is 1020. The van der Waals surface area contributed by atoms with E-state index in [0.29, 0.717) is 16.1 Å². The number of nitrogens with zero attached hydrogens (tertiary/aromatic N) is 3. The van der Waals surface area contributed by atoms with E-state index in [1.54, 1.807) is 7.11 Å². The Labute approximate surface area is 140 Å². The van der Waals surface area contributed by atoms with Gasteiger partial charge in [-0.25, -0.2) is 15.0 Å². The molecule has 2 heterocycles. The van der Waals surface area contributed by atoms with Gasteiger partial charge < -0.3 is 10.1 Å². The lowest BCUT2D eigenvalue weighted by Gasteiger charge is -2.05. The van der Waals surface area contributed by atoms with Crippen molar-refractivity contribution in [1.29, 1.82) is 0 Å². The van der Waals surface area contributed by atoms with Crippen LogP contribution in [0.4, 0.5) is 10.9 Å². The molecule has 0 radical (unpaired) electrons. The van der Waals surface area contributed by atoms with Crippen LogP contribution in [0.25, 0.3) is 21.3 Å². The summed E-state index contributed by atoms with van der Waals surface area (Å²) in [5, 5.41) is 4.18. The molecule has 0 unspecified atom stereocenters. The molecule has 0 aliphatic carbocycles. The number of halogens is 1. The van der Waals surface area contributed by atoms with Crippen molar-refractivity contribution in [2.45, 2.75) is 0 Å². The lowest BCUT2D eigenvalue weighted by Crippen LogP contribution is -1.96. The zero-order chi connectivity index (χ0) is 15.8. The SMILES string of the molecule is COc1ccc2nc(Nc3nc4ccccc4nc3Cl)sc2c1. The topological polar surface area (TPSA) is 59.9 Å². The van der Waals surface area contributed by atoms with Crippen LogP contribution < -0.4 is 10.1 Å². The highest BCUT2D eigenvalue weighted by Crippen LogP contribution is 2.32. The van der Waals surface area contributed by atoms with Gasteiger partial charge in [-0.05, 0) is 30.3 Å². The summed E-state index contributed by atoms with van der Waals surface area (Å²) in [5.41, 5.74) is 2.43. The molecule has 7 heteroatoms. The number of rotatable bonds is 3. The number of ether oxygens (including phenoxy) is 1. The molecule has 4 aromatic rings. The van der Waals surface area contributed by atoms with Crippen molar-refractivity contribution in [3.63, 3.8) is 0 Å². The maximum atomic E-state index is 6.22. The van der Waals surface area contributed by atoms with Gasteiger partial charge in [-0.1, -0.05) is 35.1 Å². The molecule has 5 nitrogen and oxygen atoms in total. The van der Waals surface area contributed by atoms with Crippen molar-refractivity contribution in [3.8, 4) is 5.75 Å². The Morgan fingerprint density at radius 1 is 1.00 bits per heavy atom. The third kappa shape index (κ3) is 2.67. The first-order chi connectivity index (χ1) is 11.2. The van der Waals surface area contributed by atoms with Crippen LogP contribution in [0.3, 0.4) is 0 Å². The van der Waals surface area contributed by atoms with Gasteiger partial charge in [0.05, 0.1) is 28.4 Å². The maximum absolute atomic E-state index is 6.22. The third-order valence-corrected chi connectivity index (χ3v) is 4.55. The summed E-state index contributed by atoms with van der Waals surface area (Å²) in [6.07, 6.45) is 0. The average Bonchev–Trinajstić information content (AvgIpc) is 2.96. The molecule has 0 spiro atoms. The van der Waals surface area contributed by atoms with Gasteiger partial charge in [0.1, 0.15) is 5.75 Å². The van der Waals surface area contributed by atoms with Gasteiger partial charge >= 0.3 is 0 Å². The third-order valence-electron chi connectivity index (χ3n) is 3.35. The summed E-state index contributed by atoms with van der Waals surface area (Å²) >= 11 is 7.73. The van der Waals surface area contributed by atoms with Crippen LogP contribution in [0, 0.1) is 0 Å². The number of para-hydroxylation sites is 2. The molecule has 4 rings (SSSR count). The van der Waals surface area contributed by atoms with E-state index < -0.39 is 0 Å². The molecule has 114 valence electrons. The Morgan fingerprint density at radius 3 is 2.57 bits per heavy atom. The number of nitrogens with one attached hydrogen (secondary N) is 1. The van der Waals surface area contributed by atoms with Crippen LogP contribution >= 0.6 is 22.9 Å². The van der Waals surface area contributed by atoms with Crippen LogP contribution in [0.1, 0.15) is 0 Å². The molecule has 0 aliphatic heterocycles. The second kappa shape index (κ2) is 5.64. The van der Waals surface area contributed by atoms with E-state index in [1.165, 1.54) is 11.3 Å².